The molecule has 0 aliphatic heterocycles. The standard InChI is InChI=1S/C7H3F2IN2O/c8-7(9)5-3(1-11)12-2-4(13)6(5)10/h2,7,13H. The summed E-state index contributed by atoms with van der Waals surface area (Å²) in [6.07, 6.45) is -1.83. The second-order valence-corrected chi connectivity index (χ2v) is 3.21. The average Bonchev–Trinajstić information content (AvgIpc) is 2.08. The number of nitriles is 1. The monoisotopic (exact) mass is 296 g/mol. The predicted molar refractivity (Wildman–Crippen MR) is 48.3 cm³/mol. The predicted octanol–water partition coefficient (Wildman–Crippen LogP) is 2.20. The third-order valence-electron chi connectivity index (χ3n) is 1.36. The Balaban J connectivity index is 3.43. The van der Waals surface area contributed by atoms with Gasteiger partial charge in [-0.05, 0) is 22.6 Å². The van der Waals surface area contributed by atoms with Crippen LogP contribution in [0.5, 0.6) is 5.75 Å². The molecule has 0 atom stereocenters. The summed E-state index contributed by atoms with van der Waals surface area (Å²) in [7, 11) is 0. The highest BCUT2D eigenvalue weighted by Crippen LogP contribution is 2.31. The molecule has 0 aromatic carbocycles. The van der Waals surface area contributed by atoms with Gasteiger partial charge in [-0.25, -0.2) is 13.8 Å². The zero-order valence-electron chi connectivity index (χ0n) is 6.13. The van der Waals surface area contributed by atoms with E-state index in [1.807, 2.05) is 0 Å². The van der Waals surface area contributed by atoms with Crippen molar-refractivity contribution in [1.82, 2.24) is 4.98 Å². The molecule has 0 saturated heterocycles. The number of hydrogen-bond donors (Lipinski definition) is 1. The highest BCUT2D eigenvalue weighted by Gasteiger charge is 2.20. The van der Waals surface area contributed by atoms with Gasteiger partial charge in [0.1, 0.15) is 11.8 Å². The normalized spacial score (nSPS) is 10.1. The lowest BCUT2D eigenvalue weighted by atomic mass is 10.2. The van der Waals surface area contributed by atoms with Crippen molar-refractivity contribution in [2.45, 2.75) is 6.43 Å². The molecule has 0 saturated carbocycles. The fourth-order valence-electron chi connectivity index (χ4n) is 0.782. The summed E-state index contributed by atoms with van der Waals surface area (Å²) >= 11 is 1.55. The van der Waals surface area contributed by atoms with Crippen LogP contribution in [0.2, 0.25) is 0 Å². The van der Waals surface area contributed by atoms with Gasteiger partial charge in [-0.1, -0.05) is 0 Å². The minimum absolute atomic E-state index is 0.0286. The molecule has 0 unspecified atom stereocenters. The summed E-state index contributed by atoms with van der Waals surface area (Å²) in [4.78, 5) is 3.38. The molecular weight excluding hydrogens is 293 g/mol. The summed E-state index contributed by atoms with van der Waals surface area (Å²) in [6.45, 7) is 0. The fourth-order valence-corrected chi connectivity index (χ4v) is 1.41. The van der Waals surface area contributed by atoms with Gasteiger partial charge in [0.25, 0.3) is 6.43 Å². The van der Waals surface area contributed by atoms with Crippen molar-refractivity contribution in [3.63, 3.8) is 0 Å². The smallest absolute Gasteiger partial charge is 0.267 e. The van der Waals surface area contributed by atoms with Crippen LogP contribution in [0.1, 0.15) is 17.7 Å². The van der Waals surface area contributed by atoms with Crippen molar-refractivity contribution < 1.29 is 13.9 Å². The zero-order valence-corrected chi connectivity index (χ0v) is 8.29. The number of alkyl halides is 2. The minimum atomic E-state index is -2.80. The average molecular weight is 296 g/mol. The van der Waals surface area contributed by atoms with E-state index >= 15 is 0 Å². The lowest BCUT2D eigenvalue weighted by Gasteiger charge is -2.05. The Kier molecular flexibility index (Phi) is 2.98. The number of halogens is 3. The first kappa shape index (κ1) is 10.1. The van der Waals surface area contributed by atoms with Crippen molar-refractivity contribution in [2.24, 2.45) is 0 Å². The van der Waals surface area contributed by atoms with E-state index in [0.717, 1.165) is 6.20 Å². The second-order valence-electron chi connectivity index (χ2n) is 2.13. The van der Waals surface area contributed by atoms with Gasteiger partial charge in [0.15, 0.2) is 5.69 Å². The van der Waals surface area contributed by atoms with Crippen molar-refractivity contribution in [2.75, 3.05) is 0 Å². The van der Waals surface area contributed by atoms with Crippen LogP contribution in [0, 0.1) is 14.9 Å². The lowest BCUT2D eigenvalue weighted by molar-refractivity contribution is 0.149. The number of rotatable bonds is 1. The molecule has 6 heteroatoms. The molecule has 0 amide bonds. The van der Waals surface area contributed by atoms with E-state index in [2.05, 4.69) is 4.98 Å². The van der Waals surface area contributed by atoms with Crippen molar-refractivity contribution in [3.8, 4) is 11.8 Å². The molecule has 1 aromatic rings. The molecule has 3 nitrogen and oxygen atoms in total. The van der Waals surface area contributed by atoms with E-state index in [1.54, 1.807) is 22.6 Å². The molecule has 13 heavy (non-hydrogen) atoms. The molecule has 1 rings (SSSR count). The Morgan fingerprint density at radius 2 is 2.23 bits per heavy atom. The minimum Gasteiger partial charge on any atom is -0.505 e. The number of aromatic nitrogens is 1. The summed E-state index contributed by atoms with van der Waals surface area (Å²) < 4.78 is 24.7. The molecular formula is C7H3F2IN2O. The number of aromatic hydroxyl groups is 1. The molecule has 0 fully saturated rings. The Hall–Kier alpha value is -0.970. The maximum absolute atomic E-state index is 12.3. The molecule has 1 aromatic heterocycles. The van der Waals surface area contributed by atoms with Crippen LogP contribution in [-0.4, -0.2) is 10.1 Å². The Labute approximate surface area is 86.2 Å². The SMILES string of the molecule is N#Cc1ncc(O)c(I)c1C(F)F. The van der Waals surface area contributed by atoms with Crippen LogP contribution < -0.4 is 0 Å². The molecule has 0 spiro atoms. The lowest BCUT2D eigenvalue weighted by Crippen LogP contribution is -1.97. The Bertz CT molecular complexity index is 375. The molecule has 0 aliphatic rings. The van der Waals surface area contributed by atoms with Crippen LogP contribution in [0.3, 0.4) is 0 Å². The molecule has 1 N–H and O–H groups in total. The summed E-state index contributed by atoms with van der Waals surface area (Å²) in [6, 6.07) is 1.54. The second kappa shape index (κ2) is 3.83. The first-order valence-electron chi connectivity index (χ1n) is 3.13. The first-order valence-corrected chi connectivity index (χ1v) is 4.21. The van der Waals surface area contributed by atoms with Crippen molar-refractivity contribution in [1.29, 1.82) is 5.26 Å². The van der Waals surface area contributed by atoms with Gasteiger partial charge in [0.05, 0.1) is 15.3 Å². The molecule has 68 valence electrons. The third kappa shape index (κ3) is 1.85. The van der Waals surface area contributed by atoms with Gasteiger partial charge in [0, 0.05) is 0 Å². The van der Waals surface area contributed by atoms with Gasteiger partial charge >= 0.3 is 0 Å². The highest BCUT2D eigenvalue weighted by molar-refractivity contribution is 14.1. The van der Waals surface area contributed by atoms with Crippen molar-refractivity contribution >= 4 is 22.6 Å². The topological polar surface area (TPSA) is 56.9 Å². The summed E-state index contributed by atoms with van der Waals surface area (Å²) in [5, 5.41) is 17.5. The number of nitrogens with zero attached hydrogens (tertiary/aromatic N) is 2. The maximum atomic E-state index is 12.3. The summed E-state index contributed by atoms with van der Waals surface area (Å²) in [5.41, 5.74) is -0.861. The number of pyridine rings is 1. The fraction of sp³-hybridized carbons (Fsp3) is 0.143. The Morgan fingerprint density at radius 3 is 2.69 bits per heavy atom. The van der Waals surface area contributed by atoms with Gasteiger partial charge in [-0.15, -0.1) is 0 Å². The third-order valence-corrected chi connectivity index (χ3v) is 2.49. The van der Waals surface area contributed by atoms with E-state index in [4.69, 9.17) is 10.4 Å². The van der Waals surface area contributed by atoms with Crippen molar-refractivity contribution in [3.05, 3.63) is 21.0 Å². The van der Waals surface area contributed by atoms with Gasteiger partial charge in [0.2, 0.25) is 0 Å². The van der Waals surface area contributed by atoms with Gasteiger partial charge < -0.3 is 5.11 Å². The molecule has 0 aliphatic carbocycles. The first-order chi connectivity index (χ1) is 6.07. The van der Waals surface area contributed by atoms with Crippen LogP contribution in [0.4, 0.5) is 8.78 Å². The molecule has 1 heterocycles. The van der Waals surface area contributed by atoms with E-state index in [-0.39, 0.29) is 15.0 Å². The van der Waals surface area contributed by atoms with Crippen LogP contribution in [0.25, 0.3) is 0 Å². The van der Waals surface area contributed by atoms with Crippen LogP contribution in [0.15, 0.2) is 6.20 Å². The molecule has 0 bridgehead atoms. The van der Waals surface area contributed by atoms with E-state index < -0.39 is 12.0 Å². The van der Waals surface area contributed by atoms with E-state index in [0.29, 0.717) is 0 Å². The van der Waals surface area contributed by atoms with Crippen LogP contribution >= 0.6 is 22.6 Å². The zero-order chi connectivity index (χ0) is 10.0. The van der Waals surface area contributed by atoms with E-state index in [1.165, 1.54) is 6.07 Å². The highest BCUT2D eigenvalue weighted by atomic mass is 127. The van der Waals surface area contributed by atoms with Gasteiger partial charge in [-0.2, -0.15) is 5.26 Å². The van der Waals surface area contributed by atoms with Crippen LogP contribution in [-0.2, 0) is 0 Å². The maximum Gasteiger partial charge on any atom is 0.267 e. The molecule has 0 radical (unpaired) electrons. The van der Waals surface area contributed by atoms with Gasteiger partial charge in [-0.3, -0.25) is 0 Å². The number of hydrogen-bond acceptors (Lipinski definition) is 3. The summed E-state index contributed by atoms with van der Waals surface area (Å²) in [5.74, 6) is -0.338. The Morgan fingerprint density at radius 1 is 1.62 bits per heavy atom. The largest absolute Gasteiger partial charge is 0.505 e. The van der Waals surface area contributed by atoms with E-state index in [9.17, 15) is 8.78 Å². The quantitative estimate of drug-likeness (QED) is 0.808.